The van der Waals surface area contributed by atoms with Crippen molar-refractivity contribution in [2.45, 2.75) is 25.1 Å². The lowest BCUT2D eigenvalue weighted by Crippen LogP contribution is -2.44. The summed E-state index contributed by atoms with van der Waals surface area (Å²) in [4.78, 5) is 13.5. The van der Waals surface area contributed by atoms with Crippen LogP contribution in [0.15, 0.2) is 54.7 Å². The van der Waals surface area contributed by atoms with E-state index in [4.69, 9.17) is 4.98 Å². The maximum atomic E-state index is 14.3. The van der Waals surface area contributed by atoms with Gasteiger partial charge in [0.25, 0.3) is 0 Å². The SMILES string of the molecule is CN1CCN(c2cccc3nc4ccc(-c5ccc(N6CCC(N(C)C)CC6)c(C(F)(F)F)c5)cn4c23)CC1. The number of hydrogen-bond donors (Lipinski definition) is 0. The molecule has 9 heteroatoms. The molecule has 4 heterocycles. The van der Waals surface area contributed by atoms with Gasteiger partial charge in [-0.3, -0.25) is 4.40 Å². The van der Waals surface area contributed by atoms with Crippen LogP contribution in [-0.4, -0.2) is 85.6 Å². The van der Waals surface area contributed by atoms with Crippen molar-refractivity contribution in [3.63, 3.8) is 0 Å². The van der Waals surface area contributed by atoms with Gasteiger partial charge in [0.15, 0.2) is 0 Å². The lowest BCUT2D eigenvalue weighted by Gasteiger charge is -2.37. The van der Waals surface area contributed by atoms with E-state index < -0.39 is 11.7 Å². The number of benzene rings is 2. The first-order valence-electron chi connectivity index (χ1n) is 13.7. The maximum absolute atomic E-state index is 14.3. The minimum absolute atomic E-state index is 0.273. The number of rotatable bonds is 4. The van der Waals surface area contributed by atoms with Gasteiger partial charge >= 0.3 is 6.18 Å². The molecule has 39 heavy (non-hydrogen) atoms. The van der Waals surface area contributed by atoms with Gasteiger partial charge in [-0.2, -0.15) is 13.2 Å². The Morgan fingerprint density at radius 3 is 2.21 bits per heavy atom. The van der Waals surface area contributed by atoms with Crippen molar-refractivity contribution in [1.29, 1.82) is 0 Å². The Morgan fingerprint density at radius 2 is 1.51 bits per heavy atom. The second-order valence-corrected chi connectivity index (χ2v) is 11.1. The molecule has 0 N–H and O–H groups in total. The van der Waals surface area contributed by atoms with Gasteiger partial charge in [-0.1, -0.05) is 12.1 Å². The van der Waals surface area contributed by atoms with E-state index in [0.29, 0.717) is 24.7 Å². The third-order valence-electron chi connectivity index (χ3n) is 8.41. The lowest BCUT2D eigenvalue weighted by atomic mass is 9.99. The molecule has 6 nitrogen and oxygen atoms in total. The van der Waals surface area contributed by atoms with E-state index in [0.717, 1.165) is 67.0 Å². The fourth-order valence-corrected chi connectivity index (χ4v) is 6.06. The van der Waals surface area contributed by atoms with E-state index in [1.807, 2.05) is 59.9 Å². The third kappa shape index (κ3) is 4.94. The zero-order chi connectivity index (χ0) is 27.3. The number of pyridine rings is 1. The average molecular weight is 537 g/mol. The van der Waals surface area contributed by atoms with Gasteiger partial charge in [0.1, 0.15) is 5.65 Å². The molecular formula is C30H35F3N6. The monoisotopic (exact) mass is 536 g/mol. The minimum atomic E-state index is -4.44. The van der Waals surface area contributed by atoms with Gasteiger partial charge in [0.2, 0.25) is 0 Å². The van der Waals surface area contributed by atoms with Crippen LogP contribution in [0.5, 0.6) is 0 Å². The van der Waals surface area contributed by atoms with E-state index in [9.17, 15) is 13.2 Å². The van der Waals surface area contributed by atoms with Crippen molar-refractivity contribution in [3.05, 3.63) is 60.3 Å². The van der Waals surface area contributed by atoms with E-state index in [1.54, 1.807) is 6.07 Å². The second kappa shape index (κ2) is 10.0. The Kier molecular flexibility index (Phi) is 6.67. The van der Waals surface area contributed by atoms with Crippen molar-refractivity contribution in [2.24, 2.45) is 0 Å². The van der Waals surface area contributed by atoms with E-state index >= 15 is 0 Å². The number of para-hydroxylation sites is 1. The Hall–Kier alpha value is -3.30. The molecule has 6 rings (SSSR count). The van der Waals surface area contributed by atoms with Crippen LogP contribution < -0.4 is 9.80 Å². The molecule has 0 aliphatic carbocycles. The fraction of sp³-hybridized carbons (Fsp3) is 0.433. The van der Waals surface area contributed by atoms with Crippen molar-refractivity contribution < 1.29 is 13.2 Å². The smallest absolute Gasteiger partial charge is 0.371 e. The highest BCUT2D eigenvalue weighted by Gasteiger charge is 2.36. The quantitative estimate of drug-likeness (QED) is 0.346. The first-order valence-corrected chi connectivity index (χ1v) is 13.7. The number of likely N-dealkylation sites (N-methyl/N-ethyl adjacent to an activating group) is 1. The summed E-state index contributed by atoms with van der Waals surface area (Å²) < 4.78 is 45.1. The Labute approximate surface area is 227 Å². The van der Waals surface area contributed by atoms with Crippen molar-refractivity contribution in [3.8, 4) is 11.1 Å². The largest absolute Gasteiger partial charge is 0.418 e. The topological polar surface area (TPSA) is 30.3 Å². The van der Waals surface area contributed by atoms with Gasteiger partial charge < -0.3 is 19.6 Å². The number of fused-ring (bicyclic) bond motifs is 3. The average Bonchev–Trinajstić information content (AvgIpc) is 3.31. The van der Waals surface area contributed by atoms with Crippen LogP contribution in [0.4, 0.5) is 24.5 Å². The zero-order valence-electron chi connectivity index (χ0n) is 22.7. The zero-order valence-corrected chi connectivity index (χ0v) is 22.7. The van der Waals surface area contributed by atoms with Crippen LogP contribution in [0, 0.1) is 0 Å². The number of piperidine rings is 1. The lowest BCUT2D eigenvalue weighted by molar-refractivity contribution is -0.137. The summed E-state index contributed by atoms with van der Waals surface area (Å²) in [6, 6.07) is 15.1. The van der Waals surface area contributed by atoms with Gasteiger partial charge in [-0.05, 0) is 81.5 Å². The molecule has 2 fully saturated rings. The van der Waals surface area contributed by atoms with Crippen LogP contribution in [0.2, 0.25) is 0 Å². The second-order valence-electron chi connectivity index (χ2n) is 11.1. The van der Waals surface area contributed by atoms with Crippen LogP contribution in [-0.2, 0) is 6.18 Å². The molecule has 2 aromatic heterocycles. The number of anilines is 2. The third-order valence-corrected chi connectivity index (χ3v) is 8.41. The molecule has 0 atom stereocenters. The van der Waals surface area contributed by atoms with E-state index in [1.165, 1.54) is 6.07 Å². The van der Waals surface area contributed by atoms with Gasteiger partial charge in [0.05, 0.1) is 22.3 Å². The number of alkyl halides is 3. The highest BCUT2D eigenvalue weighted by Crippen LogP contribution is 2.40. The van der Waals surface area contributed by atoms with Crippen molar-refractivity contribution in [2.75, 3.05) is 70.2 Å². The summed E-state index contributed by atoms with van der Waals surface area (Å²) in [5.74, 6) is 0. The summed E-state index contributed by atoms with van der Waals surface area (Å²) in [5, 5.41) is 0. The van der Waals surface area contributed by atoms with Gasteiger partial charge in [-0.25, -0.2) is 4.98 Å². The van der Waals surface area contributed by atoms with Crippen LogP contribution in [0.25, 0.3) is 27.8 Å². The van der Waals surface area contributed by atoms with Crippen LogP contribution in [0.1, 0.15) is 18.4 Å². The molecule has 206 valence electrons. The van der Waals surface area contributed by atoms with Crippen molar-refractivity contribution >= 4 is 28.1 Å². The van der Waals surface area contributed by atoms with Gasteiger partial charge in [-0.15, -0.1) is 0 Å². The molecule has 2 aliphatic rings. The highest BCUT2D eigenvalue weighted by atomic mass is 19.4. The molecule has 2 aromatic carbocycles. The number of halogens is 3. The molecule has 0 amide bonds. The van der Waals surface area contributed by atoms with E-state index in [2.05, 4.69) is 27.8 Å². The van der Waals surface area contributed by atoms with Crippen molar-refractivity contribution in [1.82, 2.24) is 19.2 Å². The van der Waals surface area contributed by atoms with Gasteiger partial charge in [0, 0.05) is 57.2 Å². The molecule has 0 bridgehead atoms. The standard InChI is InChI=1S/C30H35F3N6/c1-35(2)23-11-13-37(14-12-23)26-9-7-21(19-24(26)30(31,32)33)22-8-10-28-34-25-5-4-6-27(29(25)39(28)20-22)38-17-15-36(3)16-18-38/h4-10,19-20,23H,11-18H2,1-3H3. The Bertz CT molecular complexity index is 1480. The number of piperazine rings is 1. The highest BCUT2D eigenvalue weighted by molar-refractivity contribution is 5.92. The Balaban J connectivity index is 1.39. The molecule has 4 aromatic rings. The first-order chi connectivity index (χ1) is 18.7. The molecular weight excluding hydrogens is 501 g/mol. The predicted octanol–water partition coefficient (Wildman–Crippen LogP) is 5.46. The minimum Gasteiger partial charge on any atom is -0.371 e. The fourth-order valence-electron chi connectivity index (χ4n) is 6.06. The van der Waals surface area contributed by atoms with Crippen LogP contribution >= 0.6 is 0 Å². The Morgan fingerprint density at radius 1 is 0.821 bits per heavy atom. The summed E-state index contributed by atoms with van der Waals surface area (Å²) in [6.45, 7) is 5.05. The maximum Gasteiger partial charge on any atom is 0.418 e. The molecule has 2 saturated heterocycles. The van der Waals surface area contributed by atoms with E-state index in [-0.39, 0.29) is 5.69 Å². The normalized spacial score (nSPS) is 18.1. The molecule has 0 spiro atoms. The number of nitrogens with zero attached hydrogens (tertiary/aromatic N) is 6. The molecule has 0 unspecified atom stereocenters. The summed E-state index contributed by atoms with van der Waals surface area (Å²) in [7, 11) is 6.19. The summed E-state index contributed by atoms with van der Waals surface area (Å²) in [5.41, 5.74) is 4.76. The summed E-state index contributed by atoms with van der Waals surface area (Å²) in [6.07, 6.45) is -0.801. The first kappa shape index (κ1) is 26.0. The molecule has 0 radical (unpaired) electrons. The molecule has 2 aliphatic heterocycles. The number of hydrogen-bond acceptors (Lipinski definition) is 5. The number of aromatic nitrogens is 2. The number of imidazole rings is 1. The predicted molar refractivity (Wildman–Crippen MR) is 152 cm³/mol. The van der Waals surface area contributed by atoms with Crippen LogP contribution in [0.3, 0.4) is 0 Å². The summed E-state index contributed by atoms with van der Waals surface area (Å²) >= 11 is 0. The molecule has 0 saturated carbocycles.